The Morgan fingerprint density at radius 2 is 1.52 bits per heavy atom. The number of aryl methyl sites for hydroxylation is 2. The zero-order valence-corrected chi connectivity index (χ0v) is 15.4. The van der Waals surface area contributed by atoms with Gasteiger partial charge in [-0.3, -0.25) is 9.56 Å². The SMILES string of the molecule is Cc1ccc(-c2oc3c(c2-c2ccc(C)cc2)CN=Cc2cccn2-3)cc1. The van der Waals surface area contributed by atoms with Crippen LogP contribution >= 0.6 is 0 Å². The van der Waals surface area contributed by atoms with E-state index in [-0.39, 0.29) is 0 Å². The highest BCUT2D eigenvalue weighted by Gasteiger charge is 2.25. The van der Waals surface area contributed by atoms with Crippen LogP contribution in [0.1, 0.15) is 22.4 Å². The van der Waals surface area contributed by atoms with Crippen LogP contribution in [0.2, 0.25) is 0 Å². The first-order valence-corrected chi connectivity index (χ1v) is 9.18. The van der Waals surface area contributed by atoms with Gasteiger partial charge < -0.3 is 4.42 Å². The molecular weight excluding hydrogens is 332 g/mol. The van der Waals surface area contributed by atoms with Crippen molar-refractivity contribution in [3.8, 4) is 28.3 Å². The molecule has 3 nitrogen and oxygen atoms in total. The summed E-state index contributed by atoms with van der Waals surface area (Å²) < 4.78 is 8.58. The van der Waals surface area contributed by atoms with Crippen molar-refractivity contribution >= 4 is 6.21 Å². The van der Waals surface area contributed by atoms with Crippen LogP contribution in [0.25, 0.3) is 28.3 Å². The predicted molar refractivity (Wildman–Crippen MR) is 110 cm³/mol. The molecule has 0 bridgehead atoms. The quantitative estimate of drug-likeness (QED) is 0.438. The van der Waals surface area contributed by atoms with Crippen LogP contribution in [0.3, 0.4) is 0 Å². The van der Waals surface area contributed by atoms with Gasteiger partial charge in [0.1, 0.15) is 5.76 Å². The number of aromatic nitrogens is 1. The Hall–Kier alpha value is -3.33. The van der Waals surface area contributed by atoms with E-state index in [1.807, 2.05) is 18.5 Å². The van der Waals surface area contributed by atoms with Gasteiger partial charge >= 0.3 is 0 Å². The highest BCUT2D eigenvalue weighted by Crippen LogP contribution is 2.42. The van der Waals surface area contributed by atoms with Gasteiger partial charge in [0.15, 0.2) is 0 Å². The number of nitrogens with zero attached hydrogens (tertiary/aromatic N) is 2. The first-order chi connectivity index (χ1) is 13.2. The molecule has 5 rings (SSSR count). The molecule has 2 aromatic heterocycles. The highest BCUT2D eigenvalue weighted by atomic mass is 16.4. The van der Waals surface area contributed by atoms with E-state index < -0.39 is 0 Å². The van der Waals surface area contributed by atoms with Crippen molar-refractivity contribution in [2.45, 2.75) is 20.4 Å². The number of fused-ring (bicyclic) bond motifs is 3. The van der Waals surface area contributed by atoms with E-state index >= 15 is 0 Å². The lowest BCUT2D eigenvalue weighted by molar-refractivity contribution is 0.549. The number of hydrogen-bond acceptors (Lipinski definition) is 2. The zero-order valence-electron chi connectivity index (χ0n) is 15.4. The Morgan fingerprint density at radius 3 is 2.22 bits per heavy atom. The molecule has 1 aliphatic heterocycles. The first kappa shape index (κ1) is 15.9. The van der Waals surface area contributed by atoms with Crippen molar-refractivity contribution in [3.05, 3.63) is 89.2 Å². The summed E-state index contributed by atoms with van der Waals surface area (Å²) >= 11 is 0. The second-order valence-corrected chi connectivity index (χ2v) is 7.09. The van der Waals surface area contributed by atoms with Crippen LogP contribution in [0.5, 0.6) is 0 Å². The van der Waals surface area contributed by atoms with Crippen LogP contribution in [0, 0.1) is 13.8 Å². The Balaban J connectivity index is 1.81. The Bertz CT molecular complexity index is 1140. The molecule has 0 saturated heterocycles. The lowest BCUT2D eigenvalue weighted by Gasteiger charge is -2.06. The molecule has 2 aromatic carbocycles. The first-order valence-electron chi connectivity index (χ1n) is 9.18. The number of benzene rings is 2. The fourth-order valence-electron chi connectivity index (χ4n) is 3.64. The largest absolute Gasteiger partial charge is 0.439 e. The van der Waals surface area contributed by atoms with E-state index in [0.717, 1.165) is 39.6 Å². The van der Waals surface area contributed by atoms with Gasteiger partial charge in [0.05, 0.1) is 12.2 Å². The molecule has 3 heterocycles. The van der Waals surface area contributed by atoms with Gasteiger partial charge in [0.25, 0.3) is 0 Å². The average Bonchev–Trinajstić information content (AvgIpc) is 3.24. The molecule has 1 aliphatic rings. The second-order valence-electron chi connectivity index (χ2n) is 7.09. The summed E-state index contributed by atoms with van der Waals surface area (Å²) in [4.78, 5) is 4.64. The van der Waals surface area contributed by atoms with Crippen molar-refractivity contribution in [3.63, 3.8) is 0 Å². The molecule has 0 aliphatic carbocycles. The van der Waals surface area contributed by atoms with E-state index in [0.29, 0.717) is 6.54 Å². The minimum absolute atomic E-state index is 0.607. The summed E-state index contributed by atoms with van der Waals surface area (Å²) in [5.74, 6) is 1.76. The smallest absolute Gasteiger partial charge is 0.210 e. The molecule has 0 spiro atoms. The third kappa shape index (κ3) is 2.63. The van der Waals surface area contributed by atoms with Gasteiger partial charge in [-0.2, -0.15) is 0 Å². The Labute approximate surface area is 158 Å². The predicted octanol–water partition coefficient (Wildman–Crippen LogP) is 5.95. The molecule has 132 valence electrons. The van der Waals surface area contributed by atoms with Crippen LogP contribution in [-0.2, 0) is 6.54 Å². The second kappa shape index (κ2) is 6.13. The lowest BCUT2D eigenvalue weighted by atomic mass is 9.96. The van der Waals surface area contributed by atoms with Crippen molar-refractivity contribution in [2.24, 2.45) is 4.99 Å². The summed E-state index contributed by atoms with van der Waals surface area (Å²) in [5, 5.41) is 0. The van der Waals surface area contributed by atoms with Gasteiger partial charge in [-0.15, -0.1) is 0 Å². The summed E-state index contributed by atoms with van der Waals surface area (Å²) in [5.41, 5.74) is 8.02. The van der Waals surface area contributed by atoms with Gasteiger partial charge in [-0.25, -0.2) is 0 Å². The highest BCUT2D eigenvalue weighted by molar-refractivity contribution is 5.87. The maximum absolute atomic E-state index is 6.50. The molecule has 0 fully saturated rings. The van der Waals surface area contributed by atoms with Gasteiger partial charge in [0.2, 0.25) is 5.88 Å². The summed E-state index contributed by atoms with van der Waals surface area (Å²) in [6.45, 7) is 4.81. The molecule has 0 saturated carbocycles. The van der Waals surface area contributed by atoms with E-state index in [4.69, 9.17) is 4.42 Å². The molecule has 0 atom stereocenters. The van der Waals surface area contributed by atoms with Gasteiger partial charge in [0, 0.05) is 29.1 Å². The molecule has 0 unspecified atom stereocenters. The standard InChI is InChI=1S/C24H20N2O/c1-16-5-9-18(10-6-16)22-21-15-25-14-20-4-3-13-26(20)24(21)27-23(22)19-11-7-17(2)8-12-19/h3-14H,15H2,1-2H3. The maximum atomic E-state index is 6.50. The number of furan rings is 1. The monoisotopic (exact) mass is 352 g/mol. The third-order valence-electron chi connectivity index (χ3n) is 5.11. The molecular formula is C24H20N2O. The van der Waals surface area contributed by atoms with Crippen LogP contribution in [0.15, 0.2) is 76.3 Å². The molecule has 4 aromatic rings. The van der Waals surface area contributed by atoms with Crippen LogP contribution in [0.4, 0.5) is 0 Å². The van der Waals surface area contributed by atoms with Gasteiger partial charge in [-0.1, -0.05) is 59.7 Å². The van der Waals surface area contributed by atoms with Crippen LogP contribution in [-0.4, -0.2) is 10.8 Å². The van der Waals surface area contributed by atoms with Crippen molar-refractivity contribution in [2.75, 3.05) is 0 Å². The van der Waals surface area contributed by atoms with E-state index in [1.165, 1.54) is 11.1 Å². The molecule has 0 N–H and O–H groups in total. The maximum Gasteiger partial charge on any atom is 0.210 e. The van der Waals surface area contributed by atoms with E-state index in [9.17, 15) is 0 Å². The van der Waals surface area contributed by atoms with Crippen molar-refractivity contribution in [1.29, 1.82) is 0 Å². The average molecular weight is 352 g/mol. The topological polar surface area (TPSA) is 30.4 Å². The Kier molecular flexibility index (Phi) is 3.61. The minimum atomic E-state index is 0.607. The molecule has 27 heavy (non-hydrogen) atoms. The summed E-state index contributed by atoms with van der Waals surface area (Å²) in [6.07, 6.45) is 3.95. The molecule has 0 radical (unpaired) electrons. The lowest BCUT2D eigenvalue weighted by Crippen LogP contribution is -1.96. The van der Waals surface area contributed by atoms with E-state index in [1.54, 1.807) is 0 Å². The summed E-state index contributed by atoms with van der Waals surface area (Å²) in [6, 6.07) is 21.2. The van der Waals surface area contributed by atoms with E-state index in [2.05, 4.69) is 78.0 Å². The van der Waals surface area contributed by atoms with Crippen molar-refractivity contribution in [1.82, 2.24) is 4.57 Å². The Morgan fingerprint density at radius 1 is 0.852 bits per heavy atom. The molecule has 0 amide bonds. The zero-order chi connectivity index (χ0) is 18.4. The number of hydrogen-bond donors (Lipinski definition) is 0. The normalized spacial score (nSPS) is 12.5. The number of aliphatic imine (C=N–C) groups is 1. The third-order valence-corrected chi connectivity index (χ3v) is 5.11. The molecule has 3 heteroatoms. The van der Waals surface area contributed by atoms with Crippen molar-refractivity contribution < 1.29 is 4.42 Å². The minimum Gasteiger partial charge on any atom is -0.439 e. The van der Waals surface area contributed by atoms with Crippen LogP contribution < -0.4 is 0 Å². The number of rotatable bonds is 2. The fourth-order valence-corrected chi connectivity index (χ4v) is 3.64. The fraction of sp³-hybridized carbons (Fsp3) is 0.125. The summed E-state index contributed by atoms with van der Waals surface area (Å²) in [7, 11) is 0. The van der Waals surface area contributed by atoms with Gasteiger partial charge in [-0.05, 0) is 31.5 Å².